The van der Waals surface area contributed by atoms with E-state index in [0.717, 1.165) is 31.5 Å². The van der Waals surface area contributed by atoms with Crippen LogP contribution >= 0.6 is 23.2 Å². The molecule has 0 aliphatic carbocycles. The quantitative estimate of drug-likeness (QED) is 0.910. The maximum Gasteiger partial charge on any atom is 0.159 e. The third-order valence-electron chi connectivity index (χ3n) is 4.97. The van der Waals surface area contributed by atoms with Crippen molar-refractivity contribution >= 4 is 23.2 Å². The molecule has 0 aromatic heterocycles. The number of hydrogen-bond donors (Lipinski definition) is 1. The lowest BCUT2D eigenvalue weighted by atomic mass is 9.78. The van der Waals surface area contributed by atoms with E-state index in [2.05, 4.69) is 4.90 Å². The standard InChI is InChI=1S/C16H21Cl2NO3/c1-21-15-10(7-11(17)16(22-2)13(15)18)8-12-14(20)9-3-5-19(12)6-4-9/h7,9,12,14,20H,3-6,8H2,1-2H3. The van der Waals surface area contributed by atoms with E-state index in [4.69, 9.17) is 32.7 Å². The number of aliphatic hydroxyl groups excluding tert-OH is 1. The molecule has 1 N–H and O–H groups in total. The van der Waals surface area contributed by atoms with Gasteiger partial charge in [0.25, 0.3) is 0 Å². The van der Waals surface area contributed by atoms with Gasteiger partial charge in [-0.1, -0.05) is 23.2 Å². The van der Waals surface area contributed by atoms with Crippen molar-refractivity contribution in [2.45, 2.75) is 31.4 Å². The monoisotopic (exact) mass is 345 g/mol. The Hall–Kier alpha value is -0.680. The van der Waals surface area contributed by atoms with E-state index in [1.807, 2.05) is 6.07 Å². The Labute approximate surface area is 140 Å². The highest BCUT2D eigenvalue weighted by Crippen LogP contribution is 2.44. The fourth-order valence-electron chi connectivity index (χ4n) is 3.79. The second-order valence-electron chi connectivity index (χ2n) is 6.03. The first-order valence-electron chi connectivity index (χ1n) is 7.57. The Morgan fingerprint density at radius 1 is 1.18 bits per heavy atom. The predicted molar refractivity (Wildman–Crippen MR) is 87.4 cm³/mol. The summed E-state index contributed by atoms with van der Waals surface area (Å²) >= 11 is 12.6. The fourth-order valence-corrected chi connectivity index (χ4v) is 4.52. The first-order chi connectivity index (χ1) is 10.6. The van der Waals surface area contributed by atoms with Gasteiger partial charge in [-0.3, -0.25) is 4.90 Å². The van der Waals surface area contributed by atoms with Crippen molar-refractivity contribution in [3.05, 3.63) is 21.7 Å². The highest BCUT2D eigenvalue weighted by molar-refractivity contribution is 6.38. The number of fused-ring (bicyclic) bond motifs is 3. The van der Waals surface area contributed by atoms with Crippen molar-refractivity contribution in [2.75, 3.05) is 27.3 Å². The van der Waals surface area contributed by atoms with Crippen LogP contribution in [-0.4, -0.2) is 49.5 Å². The van der Waals surface area contributed by atoms with Gasteiger partial charge in [-0.15, -0.1) is 0 Å². The van der Waals surface area contributed by atoms with Crippen molar-refractivity contribution < 1.29 is 14.6 Å². The molecule has 122 valence electrons. The molecule has 0 saturated carbocycles. The van der Waals surface area contributed by atoms with Crippen LogP contribution in [0.15, 0.2) is 6.07 Å². The summed E-state index contributed by atoms with van der Waals surface area (Å²) in [6.45, 7) is 2.10. The lowest BCUT2D eigenvalue weighted by Crippen LogP contribution is -2.58. The zero-order chi connectivity index (χ0) is 15.9. The van der Waals surface area contributed by atoms with Crippen LogP contribution in [0.25, 0.3) is 0 Å². The van der Waals surface area contributed by atoms with Crippen molar-refractivity contribution in [1.29, 1.82) is 0 Å². The van der Waals surface area contributed by atoms with Crippen LogP contribution in [0.2, 0.25) is 10.0 Å². The molecule has 6 heteroatoms. The molecule has 22 heavy (non-hydrogen) atoms. The van der Waals surface area contributed by atoms with Gasteiger partial charge in [0.1, 0.15) is 10.8 Å². The number of aliphatic hydroxyl groups is 1. The van der Waals surface area contributed by atoms with E-state index < -0.39 is 0 Å². The lowest BCUT2D eigenvalue weighted by molar-refractivity contribution is -0.0716. The molecular weight excluding hydrogens is 325 g/mol. The van der Waals surface area contributed by atoms with Gasteiger partial charge in [-0.05, 0) is 49.9 Å². The van der Waals surface area contributed by atoms with Crippen LogP contribution in [0, 0.1) is 5.92 Å². The number of rotatable bonds is 4. The molecule has 3 aliphatic rings. The molecule has 3 heterocycles. The maximum absolute atomic E-state index is 10.6. The van der Waals surface area contributed by atoms with Crippen molar-refractivity contribution in [1.82, 2.24) is 4.90 Å². The molecule has 4 rings (SSSR count). The smallest absolute Gasteiger partial charge is 0.159 e. The van der Waals surface area contributed by atoms with Crippen molar-refractivity contribution in [2.24, 2.45) is 5.92 Å². The van der Waals surface area contributed by atoms with Gasteiger partial charge >= 0.3 is 0 Å². The molecule has 0 amide bonds. The molecule has 0 radical (unpaired) electrons. The highest BCUT2D eigenvalue weighted by Gasteiger charge is 2.41. The van der Waals surface area contributed by atoms with Gasteiger partial charge in [0.2, 0.25) is 0 Å². The van der Waals surface area contributed by atoms with Gasteiger partial charge in [0.15, 0.2) is 5.75 Å². The molecule has 4 nitrogen and oxygen atoms in total. The van der Waals surface area contributed by atoms with Gasteiger partial charge < -0.3 is 14.6 Å². The summed E-state index contributed by atoms with van der Waals surface area (Å²) in [6, 6.07) is 1.93. The van der Waals surface area contributed by atoms with E-state index in [0.29, 0.717) is 33.9 Å². The van der Waals surface area contributed by atoms with Gasteiger partial charge in [-0.25, -0.2) is 0 Å². The predicted octanol–water partition coefficient (Wildman–Crippen LogP) is 3.01. The third kappa shape index (κ3) is 2.67. The molecule has 1 aromatic carbocycles. The van der Waals surface area contributed by atoms with Crippen LogP contribution < -0.4 is 9.47 Å². The summed E-state index contributed by atoms with van der Waals surface area (Å²) in [5.41, 5.74) is 0.912. The number of piperidine rings is 3. The van der Waals surface area contributed by atoms with E-state index in [1.54, 1.807) is 7.11 Å². The average molecular weight is 346 g/mol. The Bertz CT molecular complexity index is 557. The third-order valence-corrected chi connectivity index (χ3v) is 5.59. The maximum atomic E-state index is 10.6. The molecule has 1 aromatic rings. The summed E-state index contributed by atoms with van der Waals surface area (Å²) in [7, 11) is 3.11. The van der Waals surface area contributed by atoms with E-state index in [9.17, 15) is 5.11 Å². The van der Waals surface area contributed by atoms with Gasteiger partial charge in [0.05, 0.1) is 25.3 Å². The van der Waals surface area contributed by atoms with Crippen LogP contribution in [-0.2, 0) is 6.42 Å². The summed E-state index contributed by atoms with van der Waals surface area (Å²) in [6.07, 6.45) is 2.54. The Morgan fingerprint density at radius 3 is 2.36 bits per heavy atom. The van der Waals surface area contributed by atoms with Crippen molar-refractivity contribution in [3.8, 4) is 11.5 Å². The van der Waals surface area contributed by atoms with E-state index in [1.165, 1.54) is 7.11 Å². The molecule has 3 saturated heterocycles. The zero-order valence-electron chi connectivity index (χ0n) is 12.8. The van der Waals surface area contributed by atoms with Gasteiger partial charge in [0, 0.05) is 6.04 Å². The summed E-state index contributed by atoms with van der Waals surface area (Å²) in [5, 5.41) is 11.4. The van der Waals surface area contributed by atoms with Crippen LogP contribution in [0.5, 0.6) is 11.5 Å². The molecule has 3 aliphatic heterocycles. The number of halogens is 2. The number of benzene rings is 1. The molecular formula is C16H21Cl2NO3. The number of methoxy groups -OCH3 is 2. The zero-order valence-corrected chi connectivity index (χ0v) is 14.3. The Balaban J connectivity index is 1.92. The first-order valence-corrected chi connectivity index (χ1v) is 8.33. The minimum absolute atomic E-state index is 0.0990. The molecule has 2 bridgehead atoms. The summed E-state index contributed by atoms with van der Waals surface area (Å²) in [4.78, 5) is 2.36. The lowest BCUT2D eigenvalue weighted by Gasteiger charge is -2.49. The number of hydrogen-bond acceptors (Lipinski definition) is 4. The second-order valence-corrected chi connectivity index (χ2v) is 6.82. The Kier molecular flexibility index (Phi) is 4.74. The average Bonchev–Trinajstić information content (AvgIpc) is 2.51. The number of nitrogens with zero attached hydrogens (tertiary/aromatic N) is 1. The molecule has 0 spiro atoms. The normalized spacial score (nSPS) is 30.4. The summed E-state index contributed by atoms with van der Waals surface area (Å²) < 4.78 is 10.7. The fraction of sp³-hybridized carbons (Fsp3) is 0.625. The van der Waals surface area contributed by atoms with Crippen molar-refractivity contribution in [3.63, 3.8) is 0 Å². The van der Waals surface area contributed by atoms with E-state index in [-0.39, 0.29) is 12.1 Å². The van der Waals surface area contributed by atoms with Crippen LogP contribution in [0.4, 0.5) is 0 Å². The van der Waals surface area contributed by atoms with Crippen LogP contribution in [0.1, 0.15) is 18.4 Å². The SMILES string of the molecule is COc1c(Cl)cc(CC2C(O)C3CCN2CC3)c(OC)c1Cl. The topological polar surface area (TPSA) is 41.9 Å². The highest BCUT2D eigenvalue weighted by atomic mass is 35.5. The van der Waals surface area contributed by atoms with Gasteiger partial charge in [-0.2, -0.15) is 0 Å². The van der Waals surface area contributed by atoms with E-state index >= 15 is 0 Å². The molecule has 3 fully saturated rings. The minimum Gasteiger partial charge on any atom is -0.495 e. The number of ether oxygens (including phenoxy) is 2. The second kappa shape index (κ2) is 6.44. The minimum atomic E-state index is -0.299. The first kappa shape index (κ1) is 16.2. The molecule has 2 unspecified atom stereocenters. The largest absolute Gasteiger partial charge is 0.495 e. The Morgan fingerprint density at radius 2 is 1.82 bits per heavy atom. The van der Waals surface area contributed by atoms with Crippen LogP contribution in [0.3, 0.4) is 0 Å². The summed E-state index contributed by atoms with van der Waals surface area (Å²) in [5.74, 6) is 1.41. The molecule has 2 atom stereocenters.